The molecule has 0 aromatic heterocycles. The SMILES string of the molecule is CC.c1ccccc1.c1ccccc1. The molecule has 0 unspecified atom stereocenters. The van der Waals surface area contributed by atoms with E-state index in [1.165, 1.54) is 0 Å². The van der Waals surface area contributed by atoms with E-state index in [0.29, 0.717) is 0 Å². The Bertz CT molecular complexity index is 175. The first kappa shape index (κ1) is 12.4. The lowest BCUT2D eigenvalue weighted by molar-refractivity contribution is 1.50. The summed E-state index contributed by atoms with van der Waals surface area (Å²) >= 11 is 0. The van der Waals surface area contributed by atoms with E-state index in [2.05, 4.69) is 0 Å². The maximum absolute atomic E-state index is 2.00. The lowest BCUT2D eigenvalue weighted by Crippen LogP contribution is -1.47. The molecule has 0 saturated heterocycles. The molecule has 74 valence electrons. The van der Waals surface area contributed by atoms with Crippen LogP contribution in [-0.4, -0.2) is 0 Å². The van der Waals surface area contributed by atoms with Crippen molar-refractivity contribution in [2.75, 3.05) is 0 Å². The Kier molecular flexibility index (Phi) is 10.2. The topological polar surface area (TPSA) is 0 Å². The van der Waals surface area contributed by atoms with Gasteiger partial charge in [0.25, 0.3) is 0 Å². The van der Waals surface area contributed by atoms with Crippen LogP contribution in [0.4, 0.5) is 0 Å². The molecule has 0 amide bonds. The highest BCUT2D eigenvalue weighted by Gasteiger charge is 1.58. The zero-order valence-corrected chi connectivity index (χ0v) is 8.93. The molecule has 14 heavy (non-hydrogen) atoms. The molecule has 0 radical (unpaired) electrons. The molecule has 0 heteroatoms. The van der Waals surface area contributed by atoms with Crippen molar-refractivity contribution in [1.82, 2.24) is 0 Å². The van der Waals surface area contributed by atoms with Crippen LogP contribution in [0.3, 0.4) is 0 Å². The Morgan fingerprint density at radius 3 is 0.429 bits per heavy atom. The zero-order chi connectivity index (χ0) is 10.5. The number of benzene rings is 2. The Hall–Kier alpha value is -1.56. The van der Waals surface area contributed by atoms with Crippen LogP contribution in [0.1, 0.15) is 13.8 Å². The fraction of sp³-hybridized carbons (Fsp3) is 0.143. The van der Waals surface area contributed by atoms with E-state index in [1.807, 2.05) is 86.6 Å². The third-order valence-corrected chi connectivity index (χ3v) is 1.33. The summed E-state index contributed by atoms with van der Waals surface area (Å²) in [7, 11) is 0. The van der Waals surface area contributed by atoms with E-state index < -0.39 is 0 Å². The minimum atomic E-state index is 2.00. The fourth-order valence-corrected chi connectivity index (χ4v) is 0.770. The average molecular weight is 186 g/mol. The molecule has 2 aromatic rings. The van der Waals surface area contributed by atoms with Crippen LogP contribution in [0.5, 0.6) is 0 Å². The van der Waals surface area contributed by atoms with Crippen molar-refractivity contribution in [1.29, 1.82) is 0 Å². The van der Waals surface area contributed by atoms with Gasteiger partial charge in [0.05, 0.1) is 0 Å². The molecule has 0 spiro atoms. The molecule has 0 saturated carbocycles. The van der Waals surface area contributed by atoms with Gasteiger partial charge in [-0.15, -0.1) is 0 Å². The van der Waals surface area contributed by atoms with Crippen LogP contribution >= 0.6 is 0 Å². The fourth-order valence-electron chi connectivity index (χ4n) is 0.770. The smallest absolute Gasteiger partial charge is 0.0623 e. The van der Waals surface area contributed by atoms with Crippen molar-refractivity contribution in [3.8, 4) is 0 Å². The van der Waals surface area contributed by atoms with Crippen LogP contribution in [0, 0.1) is 0 Å². The molecule has 0 heterocycles. The van der Waals surface area contributed by atoms with Gasteiger partial charge in [0, 0.05) is 0 Å². The molecule has 0 fully saturated rings. The van der Waals surface area contributed by atoms with E-state index in [9.17, 15) is 0 Å². The molecule has 2 rings (SSSR count). The summed E-state index contributed by atoms with van der Waals surface area (Å²) < 4.78 is 0. The molecular formula is C14H18. The summed E-state index contributed by atoms with van der Waals surface area (Å²) in [5, 5.41) is 0. The quantitative estimate of drug-likeness (QED) is 0.572. The highest BCUT2D eigenvalue weighted by Crippen LogP contribution is 1.80. The monoisotopic (exact) mass is 186 g/mol. The molecule has 0 aliphatic carbocycles. The van der Waals surface area contributed by atoms with E-state index in [0.717, 1.165) is 0 Å². The molecule has 0 N–H and O–H groups in total. The second-order valence-electron chi connectivity index (χ2n) is 2.31. The maximum Gasteiger partial charge on any atom is -0.0623 e. The largest absolute Gasteiger partial charge is 0.0683 e. The standard InChI is InChI=1S/2C6H6.C2H6/c2*1-2-4-6-5-3-1;1-2/h2*1-6H;1-2H3. The Morgan fingerprint density at radius 1 is 0.286 bits per heavy atom. The highest BCUT2D eigenvalue weighted by atomic mass is 13.7. The molecule has 0 aliphatic heterocycles. The third-order valence-electron chi connectivity index (χ3n) is 1.33. The number of hydrogen-bond acceptors (Lipinski definition) is 0. The lowest BCUT2D eigenvalue weighted by atomic mass is 10.4. The summed E-state index contributed by atoms with van der Waals surface area (Å²) in [6, 6.07) is 24.0. The van der Waals surface area contributed by atoms with Gasteiger partial charge in [-0.3, -0.25) is 0 Å². The molecule has 0 aliphatic rings. The third kappa shape index (κ3) is 8.54. The minimum absolute atomic E-state index is 2.00. The predicted molar refractivity (Wildman–Crippen MR) is 64.2 cm³/mol. The minimum Gasteiger partial charge on any atom is -0.0683 e. The first-order valence-corrected chi connectivity index (χ1v) is 5.00. The first-order chi connectivity index (χ1) is 7.00. The van der Waals surface area contributed by atoms with Gasteiger partial charge in [-0.2, -0.15) is 0 Å². The van der Waals surface area contributed by atoms with Crippen molar-refractivity contribution in [3.63, 3.8) is 0 Å². The Morgan fingerprint density at radius 2 is 0.357 bits per heavy atom. The number of rotatable bonds is 0. The predicted octanol–water partition coefficient (Wildman–Crippen LogP) is 4.40. The van der Waals surface area contributed by atoms with Gasteiger partial charge in [-0.25, -0.2) is 0 Å². The van der Waals surface area contributed by atoms with Crippen molar-refractivity contribution in [3.05, 3.63) is 72.8 Å². The molecule has 0 atom stereocenters. The highest BCUT2D eigenvalue weighted by molar-refractivity contribution is 4.99. The summed E-state index contributed by atoms with van der Waals surface area (Å²) in [5.74, 6) is 0. The van der Waals surface area contributed by atoms with Crippen LogP contribution in [0.15, 0.2) is 72.8 Å². The van der Waals surface area contributed by atoms with Crippen molar-refractivity contribution < 1.29 is 0 Å². The van der Waals surface area contributed by atoms with Crippen LogP contribution in [0.2, 0.25) is 0 Å². The van der Waals surface area contributed by atoms with Crippen LogP contribution in [-0.2, 0) is 0 Å². The summed E-state index contributed by atoms with van der Waals surface area (Å²) in [4.78, 5) is 0. The van der Waals surface area contributed by atoms with Crippen molar-refractivity contribution in [2.45, 2.75) is 13.8 Å². The zero-order valence-electron chi connectivity index (χ0n) is 8.93. The van der Waals surface area contributed by atoms with E-state index in [-0.39, 0.29) is 0 Å². The summed E-state index contributed by atoms with van der Waals surface area (Å²) in [6.07, 6.45) is 0. The van der Waals surface area contributed by atoms with Gasteiger partial charge in [-0.1, -0.05) is 86.6 Å². The lowest BCUT2D eigenvalue weighted by Gasteiger charge is -1.69. The molecule has 0 bridgehead atoms. The van der Waals surface area contributed by atoms with Gasteiger partial charge < -0.3 is 0 Å². The van der Waals surface area contributed by atoms with Crippen molar-refractivity contribution in [2.24, 2.45) is 0 Å². The first-order valence-electron chi connectivity index (χ1n) is 5.00. The van der Waals surface area contributed by atoms with E-state index >= 15 is 0 Å². The number of hydrogen-bond donors (Lipinski definition) is 0. The van der Waals surface area contributed by atoms with E-state index in [4.69, 9.17) is 0 Å². The second kappa shape index (κ2) is 11.4. The Labute approximate surface area is 87.2 Å². The molecule has 2 aromatic carbocycles. The average Bonchev–Trinajstić information content (AvgIpc) is 2.37. The van der Waals surface area contributed by atoms with Gasteiger partial charge in [0.2, 0.25) is 0 Å². The van der Waals surface area contributed by atoms with Gasteiger partial charge >= 0.3 is 0 Å². The summed E-state index contributed by atoms with van der Waals surface area (Å²) in [5.41, 5.74) is 0. The van der Waals surface area contributed by atoms with Crippen molar-refractivity contribution >= 4 is 0 Å². The summed E-state index contributed by atoms with van der Waals surface area (Å²) in [6.45, 7) is 4.00. The maximum atomic E-state index is 2.00. The van der Waals surface area contributed by atoms with Gasteiger partial charge in [0.1, 0.15) is 0 Å². The molecular weight excluding hydrogens is 168 g/mol. The second-order valence-corrected chi connectivity index (χ2v) is 2.31. The molecule has 0 nitrogen and oxygen atoms in total. The van der Waals surface area contributed by atoms with Gasteiger partial charge in [-0.05, 0) is 0 Å². The Balaban J connectivity index is 0.000000206. The van der Waals surface area contributed by atoms with Gasteiger partial charge in [0.15, 0.2) is 0 Å². The normalized spacial score (nSPS) is 7.29. The van der Waals surface area contributed by atoms with Crippen LogP contribution in [0.25, 0.3) is 0 Å². The van der Waals surface area contributed by atoms with E-state index in [1.54, 1.807) is 0 Å². The van der Waals surface area contributed by atoms with Crippen LogP contribution < -0.4 is 0 Å².